The van der Waals surface area contributed by atoms with Crippen LogP contribution >= 0.6 is 22.6 Å². The molecular weight excluding hydrogens is 335 g/mol. The molecule has 0 spiro atoms. The Morgan fingerprint density at radius 2 is 2.24 bits per heavy atom. The second-order valence-electron chi connectivity index (χ2n) is 4.03. The number of nitrogens with zero attached hydrogens (tertiary/aromatic N) is 1. The Balaban J connectivity index is 2.30. The minimum Gasteiger partial charge on any atom is -0.381 e. The minimum atomic E-state index is -0.0749. The lowest BCUT2D eigenvalue weighted by Crippen LogP contribution is -2.23. The van der Waals surface area contributed by atoms with Gasteiger partial charge < -0.3 is 14.5 Å². The van der Waals surface area contributed by atoms with Crippen molar-refractivity contribution in [3.8, 4) is 0 Å². The number of aromatic amines is 1. The van der Waals surface area contributed by atoms with Crippen molar-refractivity contribution >= 4 is 22.6 Å². The molecule has 1 fully saturated rings. The number of halogens is 1. The van der Waals surface area contributed by atoms with Crippen molar-refractivity contribution in [2.75, 3.05) is 20.3 Å². The summed E-state index contributed by atoms with van der Waals surface area (Å²) >= 11 is 2.00. The molecule has 94 valence electrons. The monoisotopic (exact) mass is 350 g/mol. The van der Waals surface area contributed by atoms with Crippen molar-refractivity contribution in [3.63, 3.8) is 0 Å². The Kier molecular flexibility index (Phi) is 4.52. The Labute approximate surface area is 113 Å². The second kappa shape index (κ2) is 5.92. The third kappa shape index (κ3) is 3.05. The molecule has 6 heteroatoms. The van der Waals surface area contributed by atoms with Gasteiger partial charge in [0.05, 0.1) is 12.3 Å². The van der Waals surface area contributed by atoms with E-state index in [2.05, 4.69) is 9.97 Å². The summed E-state index contributed by atoms with van der Waals surface area (Å²) in [6.07, 6.45) is 1.83. The van der Waals surface area contributed by atoms with E-state index >= 15 is 0 Å². The van der Waals surface area contributed by atoms with Crippen LogP contribution in [0.4, 0.5) is 0 Å². The van der Waals surface area contributed by atoms with E-state index in [0.29, 0.717) is 16.1 Å². The summed E-state index contributed by atoms with van der Waals surface area (Å²) in [4.78, 5) is 19.1. The molecule has 0 atom stereocenters. The fraction of sp³-hybridized carbons (Fsp3) is 0.636. The lowest BCUT2D eigenvalue weighted by atomic mass is 9.99. The summed E-state index contributed by atoms with van der Waals surface area (Å²) in [6.45, 7) is 1.85. The molecule has 1 aromatic rings. The van der Waals surface area contributed by atoms with E-state index in [-0.39, 0.29) is 5.56 Å². The van der Waals surface area contributed by atoms with Gasteiger partial charge in [0, 0.05) is 26.2 Å². The van der Waals surface area contributed by atoms with Gasteiger partial charge in [-0.15, -0.1) is 0 Å². The summed E-state index contributed by atoms with van der Waals surface area (Å²) < 4.78 is 11.0. The van der Waals surface area contributed by atoms with Gasteiger partial charge in [-0.1, -0.05) is 0 Å². The van der Waals surface area contributed by atoms with Crippen LogP contribution in [0, 0.1) is 3.57 Å². The number of hydrogen-bond donors (Lipinski definition) is 1. The SMILES string of the molecule is COCc1nc(C2CCOCC2)[nH]c(=O)c1I. The van der Waals surface area contributed by atoms with Gasteiger partial charge in [-0.25, -0.2) is 4.98 Å². The van der Waals surface area contributed by atoms with Gasteiger partial charge in [-0.05, 0) is 35.4 Å². The van der Waals surface area contributed by atoms with Crippen LogP contribution in [0.1, 0.15) is 30.3 Å². The molecule has 0 saturated carbocycles. The third-order valence-corrected chi connectivity index (χ3v) is 3.95. The van der Waals surface area contributed by atoms with E-state index in [9.17, 15) is 4.79 Å². The van der Waals surface area contributed by atoms with Gasteiger partial charge >= 0.3 is 0 Å². The third-order valence-electron chi connectivity index (χ3n) is 2.84. The number of nitrogens with one attached hydrogen (secondary N) is 1. The molecule has 0 bridgehead atoms. The molecule has 0 amide bonds. The van der Waals surface area contributed by atoms with Crippen LogP contribution in [0.25, 0.3) is 0 Å². The average molecular weight is 350 g/mol. The summed E-state index contributed by atoms with van der Waals surface area (Å²) in [6, 6.07) is 0. The van der Waals surface area contributed by atoms with Crippen LogP contribution in [0.3, 0.4) is 0 Å². The highest BCUT2D eigenvalue weighted by molar-refractivity contribution is 14.1. The molecule has 1 saturated heterocycles. The normalized spacial score (nSPS) is 17.3. The number of hydrogen-bond acceptors (Lipinski definition) is 4. The fourth-order valence-corrected chi connectivity index (χ4v) is 2.33. The molecule has 1 N–H and O–H groups in total. The predicted molar refractivity (Wildman–Crippen MR) is 71.1 cm³/mol. The van der Waals surface area contributed by atoms with Crippen LogP contribution in [0.15, 0.2) is 4.79 Å². The van der Waals surface area contributed by atoms with Crippen molar-refractivity contribution in [1.82, 2.24) is 9.97 Å². The first kappa shape index (κ1) is 13.0. The van der Waals surface area contributed by atoms with Crippen LogP contribution in [-0.4, -0.2) is 30.3 Å². The second-order valence-corrected chi connectivity index (χ2v) is 5.11. The first-order chi connectivity index (χ1) is 8.22. The summed E-state index contributed by atoms with van der Waals surface area (Å²) in [7, 11) is 1.60. The van der Waals surface area contributed by atoms with Crippen LogP contribution < -0.4 is 5.56 Å². The summed E-state index contributed by atoms with van der Waals surface area (Å²) in [5.74, 6) is 1.06. The maximum Gasteiger partial charge on any atom is 0.264 e. The molecule has 1 aromatic heterocycles. The lowest BCUT2D eigenvalue weighted by Gasteiger charge is -2.21. The average Bonchev–Trinajstić information content (AvgIpc) is 2.36. The van der Waals surface area contributed by atoms with E-state index in [4.69, 9.17) is 9.47 Å². The summed E-state index contributed by atoms with van der Waals surface area (Å²) in [5.41, 5.74) is 0.646. The van der Waals surface area contributed by atoms with E-state index in [0.717, 1.165) is 37.6 Å². The quantitative estimate of drug-likeness (QED) is 0.838. The highest BCUT2D eigenvalue weighted by Crippen LogP contribution is 2.23. The van der Waals surface area contributed by atoms with Crippen molar-refractivity contribution < 1.29 is 9.47 Å². The van der Waals surface area contributed by atoms with Crippen LogP contribution in [-0.2, 0) is 16.1 Å². The number of rotatable bonds is 3. The minimum absolute atomic E-state index is 0.0749. The summed E-state index contributed by atoms with van der Waals surface area (Å²) in [5, 5.41) is 0. The zero-order valence-corrected chi connectivity index (χ0v) is 11.8. The Bertz CT molecular complexity index is 441. The van der Waals surface area contributed by atoms with Gasteiger partial charge in [-0.2, -0.15) is 0 Å². The molecule has 0 aliphatic carbocycles. The predicted octanol–water partition coefficient (Wildman–Crippen LogP) is 1.41. The zero-order chi connectivity index (χ0) is 12.3. The van der Waals surface area contributed by atoms with Gasteiger partial charge in [0.15, 0.2) is 0 Å². The smallest absolute Gasteiger partial charge is 0.264 e. The first-order valence-corrected chi connectivity index (χ1v) is 6.65. The molecular formula is C11H15IN2O3. The molecule has 5 nitrogen and oxygen atoms in total. The van der Waals surface area contributed by atoms with E-state index in [1.807, 2.05) is 22.6 Å². The molecule has 1 aliphatic rings. The van der Waals surface area contributed by atoms with Gasteiger partial charge in [0.1, 0.15) is 9.39 Å². The largest absolute Gasteiger partial charge is 0.381 e. The van der Waals surface area contributed by atoms with Crippen molar-refractivity contribution in [1.29, 1.82) is 0 Å². The van der Waals surface area contributed by atoms with Gasteiger partial charge in [-0.3, -0.25) is 4.79 Å². The molecule has 0 radical (unpaired) electrons. The lowest BCUT2D eigenvalue weighted by molar-refractivity contribution is 0.0833. The van der Waals surface area contributed by atoms with Gasteiger partial charge in [0.25, 0.3) is 5.56 Å². The molecule has 1 aliphatic heterocycles. The number of H-pyrrole nitrogens is 1. The van der Waals surface area contributed by atoms with Crippen LogP contribution in [0.2, 0.25) is 0 Å². The standard InChI is InChI=1S/C11H15IN2O3/c1-16-6-8-9(12)11(15)14-10(13-8)7-2-4-17-5-3-7/h7H,2-6H2,1H3,(H,13,14,15). The number of ether oxygens (including phenoxy) is 2. The maximum absolute atomic E-state index is 11.8. The fourth-order valence-electron chi connectivity index (χ4n) is 1.92. The van der Waals surface area contributed by atoms with Crippen molar-refractivity contribution in [2.45, 2.75) is 25.4 Å². The van der Waals surface area contributed by atoms with Crippen LogP contribution in [0.5, 0.6) is 0 Å². The maximum atomic E-state index is 11.8. The Hall–Kier alpha value is -0.470. The van der Waals surface area contributed by atoms with E-state index < -0.39 is 0 Å². The molecule has 0 aromatic carbocycles. The molecule has 2 rings (SSSR count). The number of methoxy groups -OCH3 is 1. The molecule has 17 heavy (non-hydrogen) atoms. The highest BCUT2D eigenvalue weighted by Gasteiger charge is 2.20. The Morgan fingerprint density at radius 3 is 2.88 bits per heavy atom. The van der Waals surface area contributed by atoms with E-state index in [1.165, 1.54) is 0 Å². The topological polar surface area (TPSA) is 64.2 Å². The number of aromatic nitrogens is 2. The first-order valence-electron chi connectivity index (χ1n) is 5.57. The molecule has 2 heterocycles. The molecule has 0 unspecified atom stereocenters. The van der Waals surface area contributed by atoms with Crippen molar-refractivity contribution in [2.24, 2.45) is 0 Å². The van der Waals surface area contributed by atoms with E-state index in [1.54, 1.807) is 7.11 Å². The van der Waals surface area contributed by atoms with Gasteiger partial charge in [0.2, 0.25) is 0 Å². The van der Waals surface area contributed by atoms with Crippen molar-refractivity contribution in [3.05, 3.63) is 25.4 Å². The highest BCUT2D eigenvalue weighted by atomic mass is 127. The Morgan fingerprint density at radius 1 is 1.53 bits per heavy atom. The zero-order valence-electron chi connectivity index (χ0n) is 9.66.